The number of rotatable bonds is 2. The van der Waals surface area contributed by atoms with Crippen LogP contribution in [0.1, 0.15) is 0 Å². The average Bonchev–Trinajstić information content (AvgIpc) is 2.30. The lowest BCUT2D eigenvalue weighted by atomic mass is 10.1. The molecule has 16 heavy (non-hydrogen) atoms. The predicted molar refractivity (Wildman–Crippen MR) is 62.4 cm³/mol. The number of carboxylic acid groups (broad SMARTS) is 1. The molecule has 2 N–H and O–H groups in total. The second-order valence-electron chi connectivity index (χ2n) is 3.30. The molecule has 0 bridgehead atoms. The quantitative estimate of drug-likeness (QED) is 0.802. The van der Waals surface area contributed by atoms with E-state index in [1.165, 1.54) is 0 Å². The van der Waals surface area contributed by atoms with Crippen molar-refractivity contribution in [3.63, 3.8) is 0 Å². The molecule has 0 spiro atoms. The summed E-state index contributed by atoms with van der Waals surface area (Å²) in [6.45, 7) is 0. The molecule has 0 unspecified atom stereocenters. The van der Waals surface area contributed by atoms with E-state index in [9.17, 15) is 4.79 Å². The Morgan fingerprint density at radius 2 is 2.00 bits per heavy atom. The van der Waals surface area contributed by atoms with Gasteiger partial charge in [0.05, 0.1) is 0 Å². The lowest BCUT2D eigenvalue weighted by molar-refractivity contribution is 0.210. The van der Waals surface area contributed by atoms with Gasteiger partial charge in [0.15, 0.2) is 0 Å². The summed E-state index contributed by atoms with van der Waals surface area (Å²) >= 11 is 0. The number of hydrogen-bond acceptors (Lipinski definition) is 1. The van der Waals surface area contributed by atoms with Crippen LogP contribution in [0.25, 0.3) is 11.1 Å². The van der Waals surface area contributed by atoms with Crippen molar-refractivity contribution >= 4 is 11.8 Å². The minimum atomic E-state index is -1.06. The van der Waals surface area contributed by atoms with Gasteiger partial charge in [-0.15, -0.1) is 0 Å². The van der Waals surface area contributed by atoms with Gasteiger partial charge < -0.3 is 5.11 Å². The van der Waals surface area contributed by atoms with Crippen molar-refractivity contribution in [3.8, 4) is 11.1 Å². The smallest absolute Gasteiger partial charge is 0.409 e. The number of nitrogens with one attached hydrogen (secondary N) is 1. The van der Waals surface area contributed by atoms with Gasteiger partial charge in [0.25, 0.3) is 0 Å². The Balaban J connectivity index is 2.33. The second kappa shape index (κ2) is 4.49. The van der Waals surface area contributed by atoms with Crippen molar-refractivity contribution < 1.29 is 9.90 Å². The Hall–Kier alpha value is -2.29. The first-order valence-corrected chi connectivity index (χ1v) is 4.82. The molecule has 2 rings (SSSR count). The van der Waals surface area contributed by atoms with Crippen LogP contribution >= 0.6 is 0 Å². The lowest BCUT2D eigenvalue weighted by Crippen LogP contribution is -2.06. The van der Waals surface area contributed by atoms with Crippen molar-refractivity contribution in [2.75, 3.05) is 5.32 Å². The van der Waals surface area contributed by atoms with Crippen molar-refractivity contribution in [2.24, 2.45) is 0 Å². The van der Waals surface area contributed by atoms with Crippen molar-refractivity contribution in [1.29, 1.82) is 0 Å². The Labute approximate surface area is 93.4 Å². The van der Waals surface area contributed by atoms with Gasteiger partial charge in [-0.3, -0.25) is 5.32 Å². The summed E-state index contributed by atoms with van der Waals surface area (Å²) in [6, 6.07) is 17.8. The first-order valence-electron chi connectivity index (χ1n) is 4.82. The lowest BCUT2D eigenvalue weighted by Gasteiger charge is -2.04. The van der Waals surface area contributed by atoms with E-state index in [-0.39, 0.29) is 0 Å². The van der Waals surface area contributed by atoms with Crippen LogP contribution in [0, 0.1) is 6.07 Å². The third kappa shape index (κ3) is 2.39. The molecule has 0 atom stereocenters. The zero-order chi connectivity index (χ0) is 11.4. The van der Waals surface area contributed by atoms with Gasteiger partial charge in [-0.2, -0.15) is 0 Å². The summed E-state index contributed by atoms with van der Waals surface area (Å²) in [5.41, 5.74) is 2.54. The fourth-order valence-corrected chi connectivity index (χ4v) is 1.47. The maximum absolute atomic E-state index is 10.5. The van der Waals surface area contributed by atoms with Gasteiger partial charge in [-0.1, -0.05) is 30.3 Å². The highest BCUT2D eigenvalue weighted by molar-refractivity contribution is 5.84. The molecular weight excluding hydrogens is 202 g/mol. The molecule has 0 aliphatic heterocycles. The molecule has 3 heteroatoms. The summed E-state index contributed by atoms with van der Waals surface area (Å²) < 4.78 is 0. The topological polar surface area (TPSA) is 49.3 Å². The highest BCUT2D eigenvalue weighted by atomic mass is 16.4. The molecule has 0 aliphatic rings. The van der Waals surface area contributed by atoms with E-state index in [2.05, 4.69) is 11.4 Å². The number of amides is 1. The van der Waals surface area contributed by atoms with Gasteiger partial charge in [0.1, 0.15) is 0 Å². The third-order valence-electron chi connectivity index (χ3n) is 2.15. The van der Waals surface area contributed by atoms with Crippen LogP contribution in [0.2, 0.25) is 0 Å². The maximum atomic E-state index is 10.5. The number of hydrogen-bond donors (Lipinski definition) is 2. The fraction of sp³-hybridized carbons (Fsp3) is 0. The number of benzene rings is 2. The molecule has 0 fully saturated rings. The predicted octanol–water partition coefficient (Wildman–Crippen LogP) is 3.24. The van der Waals surface area contributed by atoms with Crippen LogP contribution in [0.3, 0.4) is 0 Å². The monoisotopic (exact) mass is 212 g/mol. The summed E-state index contributed by atoms with van der Waals surface area (Å²) in [7, 11) is 0. The van der Waals surface area contributed by atoms with Gasteiger partial charge in [0, 0.05) is 5.69 Å². The van der Waals surface area contributed by atoms with Crippen molar-refractivity contribution in [1.82, 2.24) is 0 Å². The van der Waals surface area contributed by atoms with E-state index in [1.54, 1.807) is 12.1 Å². The number of carbonyl (C=O) groups is 1. The molecule has 0 saturated heterocycles. The van der Waals surface area contributed by atoms with E-state index < -0.39 is 6.09 Å². The molecule has 0 saturated carbocycles. The largest absolute Gasteiger partial charge is 0.465 e. The minimum absolute atomic E-state index is 0.564. The molecule has 2 aromatic rings. The second-order valence-corrected chi connectivity index (χ2v) is 3.30. The van der Waals surface area contributed by atoms with Crippen molar-refractivity contribution in [3.05, 3.63) is 54.6 Å². The maximum Gasteiger partial charge on any atom is 0.409 e. The molecule has 1 radical (unpaired) electrons. The Kier molecular flexibility index (Phi) is 2.87. The molecule has 79 valence electrons. The van der Waals surface area contributed by atoms with Gasteiger partial charge in [-0.05, 0) is 35.4 Å². The van der Waals surface area contributed by atoms with E-state index in [4.69, 9.17) is 5.11 Å². The number of anilines is 1. The normalized spacial score (nSPS) is 9.75. The van der Waals surface area contributed by atoms with Crippen molar-refractivity contribution in [2.45, 2.75) is 0 Å². The van der Waals surface area contributed by atoms with E-state index >= 15 is 0 Å². The summed E-state index contributed by atoms with van der Waals surface area (Å²) in [6.07, 6.45) is -1.06. The van der Waals surface area contributed by atoms with E-state index in [0.717, 1.165) is 11.1 Å². The first kappa shape index (κ1) is 10.2. The van der Waals surface area contributed by atoms with Gasteiger partial charge >= 0.3 is 6.09 Å². The fourth-order valence-electron chi connectivity index (χ4n) is 1.47. The zero-order valence-electron chi connectivity index (χ0n) is 8.47. The van der Waals surface area contributed by atoms with E-state index in [1.807, 2.05) is 36.4 Å². The van der Waals surface area contributed by atoms with Crippen LogP contribution in [0.4, 0.5) is 10.5 Å². The third-order valence-corrected chi connectivity index (χ3v) is 2.15. The summed E-state index contributed by atoms with van der Waals surface area (Å²) in [5, 5.41) is 10.9. The van der Waals surface area contributed by atoms with E-state index in [0.29, 0.717) is 5.69 Å². The summed E-state index contributed by atoms with van der Waals surface area (Å²) in [4.78, 5) is 10.5. The zero-order valence-corrected chi connectivity index (χ0v) is 8.47. The van der Waals surface area contributed by atoms with Crippen LogP contribution in [0.15, 0.2) is 48.5 Å². The molecular formula is C13H10NO2. The Morgan fingerprint density at radius 1 is 1.19 bits per heavy atom. The molecule has 0 aromatic heterocycles. The highest BCUT2D eigenvalue weighted by Crippen LogP contribution is 2.21. The highest BCUT2D eigenvalue weighted by Gasteiger charge is 2.00. The molecule has 2 aromatic carbocycles. The first-order chi connectivity index (χ1) is 7.75. The summed E-state index contributed by atoms with van der Waals surface area (Å²) in [5.74, 6) is 0. The van der Waals surface area contributed by atoms with Gasteiger partial charge in [0.2, 0.25) is 0 Å². The molecule has 0 aliphatic carbocycles. The SMILES string of the molecule is O=C(O)Nc1cccc(-c2c[c]ccc2)c1. The minimum Gasteiger partial charge on any atom is -0.465 e. The van der Waals surface area contributed by atoms with Crippen LogP contribution in [-0.2, 0) is 0 Å². The average molecular weight is 212 g/mol. The Bertz CT molecular complexity index is 494. The molecule has 3 nitrogen and oxygen atoms in total. The standard InChI is InChI=1S/C13H10NO2/c15-13(16)14-12-8-4-7-11(9-12)10-5-2-1-3-6-10/h1-2,4-9,14H,(H,15,16). The van der Waals surface area contributed by atoms with Crippen LogP contribution in [-0.4, -0.2) is 11.2 Å². The van der Waals surface area contributed by atoms with Crippen LogP contribution < -0.4 is 5.32 Å². The Morgan fingerprint density at radius 3 is 2.69 bits per heavy atom. The van der Waals surface area contributed by atoms with Crippen LogP contribution in [0.5, 0.6) is 0 Å². The molecule has 1 amide bonds. The van der Waals surface area contributed by atoms with Gasteiger partial charge in [-0.25, -0.2) is 4.79 Å². The molecule has 0 heterocycles.